The Morgan fingerprint density at radius 3 is 2.79 bits per heavy atom. The number of rotatable bonds is 4. The standard InChI is InChI=1S/C16H18FN3O3S/c1-12-7-8-16(19-18-12)23-14-5-3-9-20(11-14)24(21,22)15-6-2-4-13(17)10-15/h2,4,6-8,10,14H,3,5,9,11H2,1H3. The molecule has 1 aliphatic rings. The van der Waals surface area contributed by atoms with Crippen molar-refractivity contribution in [2.75, 3.05) is 13.1 Å². The number of aryl methyl sites for hydroxylation is 1. The Morgan fingerprint density at radius 2 is 2.08 bits per heavy atom. The fourth-order valence-corrected chi connectivity index (χ4v) is 4.16. The van der Waals surface area contributed by atoms with Crippen molar-refractivity contribution in [1.82, 2.24) is 14.5 Å². The Bertz CT molecular complexity index is 812. The molecule has 2 heterocycles. The fourth-order valence-electron chi connectivity index (χ4n) is 2.62. The van der Waals surface area contributed by atoms with Gasteiger partial charge in [0.1, 0.15) is 11.9 Å². The molecular weight excluding hydrogens is 333 g/mol. The van der Waals surface area contributed by atoms with Gasteiger partial charge in [-0.25, -0.2) is 12.8 Å². The first-order chi connectivity index (χ1) is 11.4. The molecule has 1 aromatic heterocycles. The van der Waals surface area contributed by atoms with Gasteiger partial charge in [-0.05, 0) is 44.0 Å². The van der Waals surface area contributed by atoms with E-state index in [1.165, 1.54) is 22.5 Å². The number of halogens is 1. The van der Waals surface area contributed by atoms with Crippen LogP contribution in [0.1, 0.15) is 18.5 Å². The second-order valence-electron chi connectivity index (χ2n) is 5.72. The molecule has 24 heavy (non-hydrogen) atoms. The second kappa shape index (κ2) is 6.82. The van der Waals surface area contributed by atoms with Crippen LogP contribution in [0.4, 0.5) is 4.39 Å². The van der Waals surface area contributed by atoms with E-state index in [1.807, 2.05) is 6.92 Å². The minimum absolute atomic E-state index is 0.0433. The van der Waals surface area contributed by atoms with Gasteiger partial charge in [-0.3, -0.25) is 0 Å². The van der Waals surface area contributed by atoms with E-state index in [0.717, 1.165) is 18.2 Å². The van der Waals surface area contributed by atoms with Crippen molar-refractivity contribution in [2.45, 2.75) is 30.8 Å². The first-order valence-electron chi connectivity index (χ1n) is 7.68. The molecule has 1 unspecified atom stereocenters. The van der Waals surface area contributed by atoms with Gasteiger partial charge in [-0.2, -0.15) is 9.40 Å². The van der Waals surface area contributed by atoms with Gasteiger partial charge >= 0.3 is 0 Å². The summed E-state index contributed by atoms with van der Waals surface area (Å²) < 4.78 is 45.7. The summed E-state index contributed by atoms with van der Waals surface area (Å²) in [5.74, 6) is -0.202. The normalized spacial score (nSPS) is 19.2. The van der Waals surface area contributed by atoms with Crippen LogP contribution in [0.25, 0.3) is 0 Å². The van der Waals surface area contributed by atoms with Gasteiger partial charge in [0.2, 0.25) is 15.9 Å². The molecule has 0 N–H and O–H groups in total. The average Bonchev–Trinajstić information content (AvgIpc) is 2.57. The van der Waals surface area contributed by atoms with Gasteiger partial charge in [0, 0.05) is 12.6 Å². The maximum atomic E-state index is 13.3. The highest BCUT2D eigenvalue weighted by molar-refractivity contribution is 7.89. The molecular formula is C16H18FN3O3S. The van der Waals surface area contributed by atoms with Crippen molar-refractivity contribution in [3.63, 3.8) is 0 Å². The van der Waals surface area contributed by atoms with Gasteiger partial charge < -0.3 is 4.74 Å². The smallest absolute Gasteiger partial charge is 0.243 e. The van der Waals surface area contributed by atoms with E-state index in [1.54, 1.807) is 12.1 Å². The molecule has 0 spiro atoms. The molecule has 0 aliphatic carbocycles. The molecule has 1 aromatic carbocycles. The maximum absolute atomic E-state index is 13.3. The number of aromatic nitrogens is 2. The number of sulfonamides is 1. The number of benzene rings is 1. The molecule has 8 heteroatoms. The molecule has 6 nitrogen and oxygen atoms in total. The predicted molar refractivity (Wildman–Crippen MR) is 85.6 cm³/mol. The van der Waals surface area contributed by atoms with Crippen LogP contribution in [-0.2, 0) is 10.0 Å². The summed E-state index contributed by atoms with van der Waals surface area (Å²) in [5, 5.41) is 7.86. The summed E-state index contributed by atoms with van der Waals surface area (Å²) in [6.07, 6.45) is 1.09. The summed E-state index contributed by atoms with van der Waals surface area (Å²) in [5.41, 5.74) is 0.779. The first kappa shape index (κ1) is 16.8. The van der Waals surface area contributed by atoms with Crippen molar-refractivity contribution in [3.05, 3.63) is 47.9 Å². The van der Waals surface area contributed by atoms with E-state index in [4.69, 9.17) is 4.74 Å². The number of ether oxygens (including phenoxy) is 1. The van der Waals surface area contributed by atoms with Gasteiger partial charge in [0.05, 0.1) is 17.1 Å². The Hall–Kier alpha value is -2.06. The Labute approximate surface area is 140 Å². The quantitative estimate of drug-likeness (QED) is 0.844. The van der Waals surface area contributed by atoms with Gasteiger partial charge in [0.25, 0.3) is 0 Å². The zero-order chi connectivity index (χ0) is 17.2. The van der Waals surface area contributed by atoms with Crippen LogP contribution in [0.2, 0.25) is 0 Å². The highest BCUT2D eigenvalue weighted by atomic mass is 32.2. The van der Waals surface area contributed by atoms with Crippen LogP contribution in [0.15, 0.2) is 41.3 Å². The van der Waals surface area contributed by atoms with E-state index in [-0.39, 0.29) is 17.5 Å². The lowest BCUT2D eigenvalue weighted by molar-refractivity contribution is 0.123. The minimum Gasteiger partial charge on any atom is -0.472 e. The average molecular weight is 351 g/mol. The zero-order valence-corrected chi connectivity index (χ0v) is 14.0. The summed E-state index contributed by atoms with van der Waals surface area (Å²) in [6.45, 7) is 2.41. The largest absolute Gasteiger partial charge is 0.472 e. The van der Waals surface area contributed by atoms with Gasteiger partial charge in [0.15, 0.2) is 0 Å². The molecule has 0 saturated carbocycles. The lowest BCUT2D eigenvalue weighted by Gasteiger charge is -2.31. The fraction of sp³-hybridized carbons (Fsp3) is 0.375. The summed E-state index contributed by atoms with van der Waals surface area (Å²) >= 11 is 0. The molecule has 128 valence electrons. The van der Waals surface area contributed by atoms with Crippen molar-refractivity contribution >= 4 is 10.0 Å². The molecule has 2 aromatic rings. The summed E-state index contributed by atoms with van der Waals surface area (Å²) in [6, 6.07) is 8.54. The molecule has 1 aliphatic heterocycles. The number of nitrogens with zero attached hydrogens (tertiary/aromatic N) is 3. The minimum atomic E-state index is -3.74. The third kappa shape index (κ3) is 3.70. The van der Waals surface area contributed by atoms with Crippen LogP contribution in [0.3, 0.4) is 0 Å². The molecule has 0 radical (unpaired) electrons. The van der Waals surface area contributed by atoms with E-state index < -0.39 is 15.8 Å². The van der Waals surface area contributed by atoms with Gasteiger partial charge in [-0.15, -0.1) is 5.10 Å². The lowest BCUT2D eigenvalue weighted by Crippen LogP contribution is -2.44. The highest BCUT2D eigenvalue weighted by Crippen LogP contribution is 2.23. The van der Waals surface area contributed by atoms with Crippen molar-refractivity contribution in [3.8, 4) is 5.88 Å². The van der Waals surface area contributed by atoms with Crippen LogP contribution in [-0.4, -0.2) is 42.1 Å². The maximum Gasteiger partial charge on any atom is 0.243 e. The number of hydrogen-bond donors (Lipinski definition) is 0. The van der Waals surface area contributed by atoms with Gasteiger partial charge in [-0.1, -0.05) is 6.07 Å². The first-order valence-corrected chi connectivity index (χ1v) is 9.12. The Kier molecular flexibility index (Phi) is 4.77. The van der Waals surface area contributed by atoms with Crippen molar-refractivity contribution in [2.24, 2.45) is 0 Å². The third-order valence-corrected chi connectivity index (χ3v) is 5.70. The van der Waals surface area contributed by atoms with Crippen LogP contribution in [0.5, 0.6) is 5.88 Å². The molecule has 0 bridgehead atoms. The van der Waals surface area contributed by atoms with E-state index >= 15 is 0 Å². The lowest BCUT2D eigenvalue weighted by atomic mass is 10.1. The van der Waals surface area contributed by atoms with Crippen LogP contribution < -0.4 is 4.74 Å². The predicted octanol–water partition coefficient (Wildman–Crippen LogP) is 2.16. The molecule has 3 rings (SSSR count). The molecule has 1 atom stereocenters. The van der Waals surface area contributed by atoms with E-state index in [2.05, 4.69) is 10.2 Å². The second-order valence-corrected chi connectivity index (χ2v) is 7.65. The number of piperidine rings is 1. The van der Waals surface area contributed by atoms with Crippen molar-refractivity contribution < 1.29 is 17.5 Å². The van der Waals surface area contributed by atoms with Crippen LogP contribution >= 0.6 is 0 Å². The molecule has 1 saturated heterocycles. The Morgan fingerprint density at radius 1 is 1.25 bits per heavy atom. The topological polar surface area (TPSA) is 72.4 Å². The highest BCUT2D eigenvalue weighted by Gasteiger charge is 2.31. The summed E-state index contributed by atoms with van der Waals surface area (Å²) in [7, 11) is -3.74. The van der Waals surface area contributed by atoms with Crippen molar-refractivity contribution in [1.29, 1.82) is 0 Å². The third-order valence-electron chi connectivity index (χ3n) is 3.84. The number of hydrogen-bond acceptors (Lipinski definition) is 5. The Balaban J connectivity index is 1.74. The molecule has 0 amide bonds. The SMILES string of the molecule is Cc1ccc(OC2CCCN(S(=O)(=O)c3cccc(F)c3)C2)nn1. The van der Waals surface area contributed by atoms with E-state index in [0.29, 0.717) is 18.8 Å². The van der Waals surface area contributed by atoms with Crippen LogP contribution in [0, 0.1) is 12.7 Å². The molecule has 1 fully saturated rings. The zero-order valence-electron chi connectivity index (χ0n) is 13.2. The van der Waals surface area contributed by atoms with E-state index in [9.17, 15) is 12.8 Å². The monoisotopic (exact) mass is 351 g/mol. The summed E-state index contributed by atoms with van der Waals surface area (Å²) in [4.78, 5) is -0.0433.